The molecule has 0 spiro atoms. The van der Waals surface area contributed by atoms with Gasteiger partial charge in [-0.05, 0) is 45.1 Å². The summed E-state index contributed by atoms with van der Waals surface area (Å²) in [6.07, 6.45) is 6.96. The molecule has 1 aromatic carbocycles. The second kappa shape index (κ2) is 6.92. The van der Waals surface area contributed by atoms with Gasteiger partial charge in [-0.2, -0.15) is 0 Å². The van der Waals surface area contributed by atoms with E-state index in [2.05, 4.69) is 16.8 Å². The lowest BCUT2D eigenvalue weighted by molar-refractivity contribution is 0.00904. The Morgan fingerprint density at radius 1 is 1.29 bits per heavy atom. The van der Waals surface area contributed by atoms with Crippen molar-refractivity contribution < 1.29 is 9.53 Å². The summed E-state index contributed by atoms with van der Waals surface area (Å²) in [7, 11) is 0. The number of carbonyl (C=O) groups is 1. The van der Waals surface area contributed by atoms with Gasteiger partial charge in [-0.3, -0.25) is 0 Å². The number of carbonyl (C=O) groups excluding carboxylic acids is 1. The molecule has 0 N–H and O–H groups in total. The van der Waals surface area contributed by atoms with E-state index in [1.165, 1.54) is 0 Å². The molecular formula is C20H22N2O2. The number of esters is 1. The van der Waals surface area contributed by atoms with E-state index in [9.17, 15) is 4.79 Å². The van der Waals surface area contributed by atoms with Gasteiger partial charge >= 0.3 is 5.97 Å². The molecule has 124 valence electrons. The van der Waals surface area contributed by atoms with Crippen molar-refractivity contribution in [1.29, 1.82) is 0 Å². The highest BCUT2D eigenvalue weighted by molar-refractivity contribution is 5.88. The zero-order chi connectivity index (χ0) is 17.0. The Morgan fingerprint density at radius 2 is 2.00 bits per heavy atom. The van der Waals surface area contributed by atoms with E-state index >= 15 is 0 Å². The zero-order valence-electron chi connectivity index (χ0n) is 14.2. The third-order valence-electron chi connectivity index (χ3n) is 4.63. The first-order valence-electron chi connectivity index (χ1n) is 8.39. The standard InChI is InChI=1S/C20H22N2O2/c1-3-11-20(12-7-8-13-20)24-19(23)18-14-21-15-22(18)16(2)17-9-5-4-6-10-17/h4-6,9-10,14-16H,7-8,12-13H2,1-2H3/t16-/m1/s1. The number of rotatable bonds is 4. The third-order valence-corrected chi connectivity index (χ3v) is 4.63. The van der Waals surface area contributed by atoms with Crippen LogP contribution in [0.5, 0.6) is 0 Å². The second-order valence-corrected chi connectivity index (χ2v) is 6.24. The van der Waals surface area contributed by atoms with Crippen molar-refractivity contribution in [2.24, 2.45) is 0 Å². The van der Waals surface area contributed by atoms with Crippen LogP contribution in [0, 0.1) is 11.8 Å². The van der Waals surface area contributed by atoms with E-state index < -0.39 is 5.60 Å². The van der Waals surface area contributed by atoms with Crippen LogP contribution in [0.1, 0.15) is 61.6 Å². The predicted octanol–water partition coefficient (Wildman–Crippen LogP) is 3.99. The van der Waals surface area contributed by atoms with Crippen LogP contribution in [0.15, 0.2) is 42.9 Å². The van der Waals surface area contributed by atoms with Crippen molar-refractivity contribution >= 4 is 5.97 Å². The van der Waals surface area contributed by atoms with Gasteiger partial charge in [-0.25, -0.2) is 9.78 Å². The van der Waals surface area contributed by atoms with Crippen LogP contribution in [0.2, 0.25) is 0 Å². The van der Waals surface area contributed by atoms with Gasteiger partial charge in [0.15, 0.2) is 5.60 Å². The first-order valence-corrected chi connectivity index (χ1v) is 8.39. The second-order valence-electron chi connectivity index (χ2n) is 6.24. The average Bonchev–Trinajstić information content (AvgIpc) is 3.25. The molecule has 0 unspecified atom stereocenters. The first-order chi connectivity index (χ1) is 11.7. The number of benzene rings is 1. The molecule has 0 saturated heterocycles. The Hall–Kier alpha value is -2.54. The van der Waals surface area contributed by atoms with E-state index in [0.29, 0.717) is 5.69 Å². The molecule has 1 heterocycles. The molecule has 4 nitrogen and oxygen atoms in total. The molecule has 3 rings (SSSR count). The molecule has 1 aliphatic rings. The zero-order valence-corrected chi connectivity index (χ0v) is 14.2. The summed E-state index contributed by atoms with van der Waals surface area (Å²) < 4.78 is 7.70. The maximum Gasteiger partial charge on any atom is 0.358 e. The van der Waals surface area contributed by atoms with E-state index in [1.807, 2.05) is 41.8 Å². The molecule has 1 atom stereocenters. The molecule has 1 aromatic heterocycles. The highest BCUT2D eigenvalue weighted by Gasteiger charge is 2.37. The Bertz CT molecular complexity index is 762. The number of aromatic nitrogens is 2. The molecule has 24 heavy (non-hydrogen) atoms. The molecule has 1 aliphatic carbocycles. The van der Waals surface area contributed by atoms with E-state index in [1.54, 1.807) is 19.4 Å². The van der Waals surface area contributed by atoms with Gasteiger partial charge in [-0.15, -0.1) is 5.92 Å². The van der Waals surface area contributed by atoms with E-state index in [4.69, 9.17) is 4.74 Å². The Balaban J connectivity index is 1.84. The molecule has 1 fully saturated rings. The first kappa shape index (κ1) is 16.3. The molecular weight excluding hydrogens is 300 g/mol. The van der Waals surface area contributed by atoms with E-state index in [-0.39, 0.29) is 12.0 Å². The SMILES string of the molecule is CC#CC1(OC(=O)c2cncn2[C@H](C)c2ccccc2)CCCC1. The molecule has 4 heteroatoms. The monoisotopic (exact) mass is 322 g/mol. The van der Waals surface area contributed by atoms with E-state index in [0.717, 1.165) is 31.2 Å². The topological polar surface area (TPSA) is 44.1 Å². The largest absolute Gasteiger partial charge is 0.441 e. The van der Waals surface area contributed by atoms with Crippen LogP contribution in [0.3, 0.4) is 0 Å². The molecule has 1 saturated carbocycles. The summed E-state index contributed by atoms with van der Waals surface area (Å²) in [5.41, 5.74) is 0.959. The number of hydrogen-bond donors (Lipinski definition) is 0. The van der Waals surface area contributed by atoms with Crippen LogP contribution < -0.4 is 0 Å². The van der Waals surface area contributed by atoms with Gasteiger partial charge in [0, 0.05) is 0 Å². The number of imidazole rings is 1. The van der Waals surface area contributed by atoms with Crippen LogP contribution in [-0.4, -0.2) is 21.1 Å². The van der Waals surface area contributed by atoms with Crippen molar-refractivity contribution in [3.8, 4) is 11.8 Å². The van der Waals surface area contributed by atoms with Gasteiger partial charge < -0.3 is 9.30 Å². The molecule has 2 aromatic rings. The number of nitrogens with zero attached hydrogens (tertiary/aromatic N) is 2. The fourth-order valence-electron chi connectivity index (χ4n) is 3.32. The fraction of sp³-hybridized carbons (Fsp3) is 0.400. The number of hydrogen-bond acceptors (Lipinski definition) is 3. The normalized spacial score (nSPS) is 16.9. The molecule has 0 amide bonds. The van der Waals surface area contributed by atoms with Crippen LogP contribution >= 0.6 is 0 Å². The summed E-state index contributed by atoms with van der Waals surface area (Å²) in [5.74, 6) is 5.68. The third kappa shape index (κ3) is 3.21. The Morgan fingerprint density at radius 3 is 2.67 bits per heavy atom. The summed E-state index contributed by atoms with van der Waals surface area (Å²) in [6.45, 7) is 3.83. The fourth-order valence-corrected chi connectivity index (χ4v) is 3.32. The number of ether oxygens (including phenoxy) is 1. The smallest absolute Gasteiger partial charge is 0.358 e. The van der Waals surface area contributed by atoms with Crippen molar-refractivity contribution in [2.75, 3.05) is 0 Å². The Kier molecular flexibility index (Phi) is 4.71. The lowest BCUT2D eigenvalue weighted by Gasteiger charge is -2.24. The predicted molar refractivity (Wildman–Crippen MR) is 92.5 cm³/mol. The van der Waals surface area contributed by atoms with Gasteiger partial charge in [0.05, 0.1) is 18.6 Å². The van der Waals surface area contributed by atoms with Crippen LogP contribution in [0.25, 0.3) is 0 Å². The molecule has 0 aliphatic heterocycles. The van der Waals surface area contributed by atoms with Gasteiger partial charge in [0.2, 0.25) is 0 Å². The lowest BCUT2D eigenvalue weighted by Crippen LogP contribution is -2.31. The summed E-state index contributed by atoms with van der Waals surface area (Å²) in [6, 6.07) is 10.1. The molecule has 0 radical (unpaired) electrons. The van der Waals surface area contributed by atoms with Crippen molar-refractivity contribution in [2.45, 2.75) is 51.2 Å². The maximum atomic E-state index is 12.7. The maximum absolute atomic E-state index is 12.7. The highest BCUT2D eigenvalue weighted by atomic mass is 16.6. The summed E-state index contributed by atoms with van der Waals surface area (Å²) in [5, 5.41) is 0. The van der Waals surface area contributed by atoms with Crippen molar-refractivity contribution in [1.82, 2.24) is 9.55 Å². The highest BCUT2D eigenvalue weighted by Crippen LogP contribution is 2.33. The molecule has 0 bridgehead atoms. The van der Waals surface area contributed by atoms with Crippen LogP contribution in [0.4, 0.5) is 0 Å². The van der Waals surface area contributed by atoms with Crippen LogP contribution in [-0.2, 0) is 4.74 Å². The van der Waals surface area contributed by atoms with Gasteiger partial charge in [0.25, 0.3) is 0 Å². The Labute approximate surface area is 142 Å². The minimum Gasteiger partial charge on any atom is -0.441 e. The van der Waals surface area contributed by atoms with Gasteiger partial charge in [-0.1, -0.05) is 36.3 Å². The minimum absolute atomic E-state index is 0.00744. The lowest BCUT2D eigenvalue weighted by atomic mass is 10.0. The van der Waals surface area contributed by atoms with Crippen molar-refractivity contribution in [3.05, 3.63) is 54.1 Å². The van der Waals surface area contributed by atoms with Crippen molar-refractivity contribution in [3.63, 3.8) is 0 Å². The average molecular weight is 322 g/mol. The minimum atomic E-state index is -0.628. The van der Waals surface area contributed by atoms with Gasteiger partial charge in [0.1, 0.15) is 5.69 Å². The summed E-state index contributed by atoms with van der Waals surface area (Å²) >= 11 is 0. The quantitative estimate of drug-likeness (QED) is 0.631. The summed E-state index contributed by atoms with van der Waals surface area (Å²) in [4.78, 5) is 16.9.